The number of carbonyl (C=O) groups excluding carboxylic acids is 4. The minimum atomic E-state index is -2.54. The van der Waals surface area contributed by atoms with Crippen LogP contribution in [0.15, 0.2) is 95.8 Å². The van der Waals surface area contributed by atoms with Gasteiger partial charge in [-0.15, -0.1) is 0 Å². The maximum Gasteiger partial charge on any atom is 0.242 e. The summed E-state index contributed by atoms with van der Waals surface area (Å²) in [5, 5.41) is 92.1. The van der Waals surface area contributed by atoms with Crippen molar-refractivity contribution in [3.63, 3.8) is 0 Å². The average Bonchev–Trinajstić information content (AvgIpc) is 1.25. The molecular weight excluding hydrogens is 1200 g/mol. The Bertz CT molecular complexity index is 3730. The second kappa shape index (κ2) is 26.5. The molecule has 0 aromatic heterocycles. The van der Waals surface area contributed by atoms with Gasteiger partial charge in [-0.3, -0.25) is 30.8 Å². The molecule has 14 rings (SSSR count). The molecule has 23 heteroatoms. The topological polar surface area (TPSA) is 351 Å². The van der Waals surface area contributed by atoms with Gasteiger partial charge in [-0.05, 0) is 109 Å². The Morgan fingerprint density at radius 2 is 1.68 bits per heavy atom. The number of amides is 1. The van der Waals surface area contributed by atoms with Crippen LogP contribution in [0.5, 0.6) is 11.5 Å². The molecule has 5 fully saturated rings. The Morgan fingerprint density at radius 1 is 0.883 bits per heavy atom. The Kier molecular flexibility index (Phi) is 18.1. The molecular formula is C71H84N8O15. The average molecular weight is 1290 g/mol. The fourth-order valence-electron chi connectivity index (χ4n) is 16.5. The maximum absolute atomic E-state index is 15.7. The van der Waals surface area contributed by atoms with Crippen molar-refractivity contribution in [1.82, 2.24) is 26.6 Å². The lowest BCUT2D eigenvalue weighted by molar-refractivity contribution is -0.336. The third-order valence-electron chi connectivity index (χ3n) is 21.4. The highest BCUT2D eigenvalue weighted by atomic mass is 16.7. The van der Waals surface area contributed by atoms with E-state index in [1.165, 1.54) is 12.1 Å². The Morgan fingerprint density at radius 3 is 2.48 bits per heavy atom. The van der Waals surface area contributed by atoms with Crippen LogP contribution in [0.1, 0.15) is 136 Å². The van der Waals surface area contributed by atoms with Gasteiger partial charge in [-0.2, -0.15) is 0 Å². The van der Waals surface area contributed by atoms with Crippen LogP contribution in [0.3, 0.4) is 0 Å². The molecule has 0 unspecified atom stereocenters. The molecule has 4 aromatic carbocycles. The number of hydrogen-bond donors (Lipinski definition) is 13. The maximum atomic E-state index is 15.7. The highest BCUT2D eigenvalue weighted by Crippen LogP contribution is 2.55. The number of nitrogens with one attached hydrogen (secondary N) is 5. The van der Waals surface area contributed by atoms with Crippen molar-refractivity contribution in [1.29, 1.82) is 0 Å². The number of dihydropyridines is 1. The number of nitrogens with zero attached hydrogens (tertiary/aromatic N) is 1. The first-order valence-electron chi connectivity index (χ1n) is 33.3. The predicted molar refractivity (Wildman–Crippen MR) is 341 cm³/mol. The second-order valence-electron chi connectivity index (χ2n) is 27.2. The van der Waals surface area contributed by atoms with Crippen molar-refractivity contribution in [3.05, 3.63) is 146 Å². The number of ketones is 2. The minimum absolute atomic E-state index is 0.0432. The number of rotatable bonds is 12. The Labute approximate surface area is 544 Å². The van der Waals surface area contributed by atoms with Gasteiger partial charge in [0.05, 0.1) is 61.9 Å². The van der Waals surface area contributed by atoms with Crippen LogP contribution in [0, 0.1) is 29.6 Å². The summed E-state index contributed by atoms with van der Waals surface area (Å²) in [6.45, 7) is -0.636. The van der Waals surface area contributed by atoms with Gasteiger partial charge in [0.2, 0.25) is 12.2 Å². The number of nitrogens with two attached hydrogens (primary N) is 2. The molecule has 15 atom stereocenters. The number of carbonyl (C=O) groups is 4. The summed E-state index contributed by atoms with van der Waals surface area (Å²) in [5.41, 5.74) is 13.9. The molecule has 1 spiro atoms. The van der Waals surface area contributed by atoms with Gasteiger partial charge in [-0.1, -0.05) is 92.1 Å². The van der Waals surface area contributed by atoms with Crippen LogP contribution in [-0.2, 0) is 43.2 Å². The SMILES string of the molecule is NC1=C(CNC2CCCC2)C([C@H]2CO[C@@H]3[C@H]4Oc5c(cc6c(c5OC[C@H](O)CC=O)C(=O)c5cc(CO)ccc5C6=O)[C@H](c5ccccc5N5CN[C@@H]6C(=O)N[C@H](N)N[C@H]65)[C@H]5CC[C@@H](O)[C@@H](C#C[C@@](O)([C@H]3O)[C@@H](O4)C3(CCCC3)OC5)Cc3cccc(c3)C[C@H]2O)=CCN1. The van der Waals surface area contributed by atoms with E-state index in [0.29, 0.717) is 73.3 Å². The van der Waals surface area contributed by atoms with E-state index in [4.69, 9.17) is 35.2 Å². The standard InChI is InChI=1S/C71H84N8O15/c72-64-50(31-75-42-10-1-2-11-42)44(19-24-74-64)51-35-91-62-63(87)71(89)23-18-40(27-37-8-7-9-38(26-37)29-54(51)84)53(83)17-15-41-33-92-70(21-5-6-22-70)68(71)94-67(62)93-60-49(55(41)46-12-3-4-13-52(46)79-36-76-57-65(79)77-69(73)78-66(57)88)30-48-56(61(60)90-34-43(82)20-25-80)59(86)47-28-39(32-81)14-16-45(47)58(48)85/h3-4,7-9,12-14,16,19,25-26,28,30,40-43,51,53-55,57,62-63,65,67-69,74-77,81-84,87,89H,1-2,5-6,10-11,15,17,20-22,24,27,29,31-36,72-73H2,(H,78,88)/t40-,41-,43+,51+,53+,54+,55-,57-,62-,63-,65-,67-,68-,69+,71+/m0/s1. The van der Waals surface area contributed by atoms with Crippen molar-refractivity contribution in [2.75, 3.05) is 44.5 Å². The van der Waals surface area contributed by atoms with Gasteiger partial charge in [-0.25, -0.2) is 0 Å². The van der Waals surface area contributed by atoms with E-state index in [1.807, 2.05) is 59.5 Å². The summed E-state index contributed by atoms with van der Waals surface area (Å²) in [5.74, 6) is 1.30. The van der Waals surface area contributed by atoms with Gasteiger partial charge in [0.25, 0.3) is 0 Å². The molecule has 498 valence electrons. The highest BCUT2D eigenvalue weighted by molar-refractivity contribution is 6.29. The summed E-state index contributed by atoms with van der Waals surface area (Å²) in [6.07, 6.45) is -3.65. The zero-order valence-corrected chi connectivity index (χ0v) is 52.3. The Hall–Kier alpha value is -7.12. The molecule has 7 heterocycles. The molecule has 3 aliphatic carbocycles. The number of ether oxygens (including phenoxy) is 5. The molecule has 0 radical (unpaired) electrons. The normalized spacial score (nSPS) is 32.5. The summed E-state index contributed by atoms with van der Waals surface area (Å²) < 4.78 is 36.5. The molecule has 94 heavy (non-hydrogen) atoms. The van der Waals surface area contributed by atoms with Gasteiger partial charge in [0.1, 0.15) is 55.5 Å². The molecule has 3 saturated heterocycles. The number of aliphatic hydroxyl groups excluding tert-OH is 5. The number of aldehydes is 1. The summed E-state index contributed by atoms with van der Waals surface area (Å²) >= 11 is 0. The number of fused-ring (bicyclic) bond motifs is 12. The predicted octanol–water partition coefficient (Wildman–Crippen LogP) is 1.76. The van der Waals surface area contributed by atoms with Crippen LogP contribution >= 0.6 is 0 Å². The zero-order chi connectivity index (χ0) is 65.2. The molecule has 8 bridgehead atoms. The first-order chi connectivity index (χ1) is 45.5. The molecule has 4 aromatic rings. The molecule has 15 N–H and O–H groups in total. The quantitative estimate of drug-likeness (QED) is 0.0625. The zero-order valence-electron chi connectivity index (χ0n) is 52.3. The molecule has 10 aliphatic rings. The summed E-state index contributed by atoms with van der Waals surface area (Å²) in [7, 11) is 0. The van der Waals surface area contributed by atoms with Gasteiger partial charge in [0, 0.05) is 70.9 Å². The molecule has 1 amide bonds. The van der Waals surface area contributed by atoms with Crippen molar-refractivity contribution in [2.24, 2.45) is 29.2 Å². The lowest BCUT2D eigenvalue weighted by atomic mass is 9.73. The summed E-state index contributed by atoms with van der Waals surface area (Å²) in [4.78, 5) is 59.1. The molecule has 23 nitrogen and oxygen atoms in total. The van der Waals surface area contributed by atoms with Crippen LogP contribution in [0.2, 0.25) is 0 Å². The summed E-state index contributed by atoms with van der Waals surface area (Å²) in [6, 6.07) is 20.9. The van der Waals surface area contributed by atoms with Gasteiger partial charge in [0.15, 0.2) is 28.7 Å². The van der Waals surface area contributed by atoms with E-state index >= 15 is 9.59 Å². The van der Waals surface area contributed by atoms with Crippen LogP contribution in [-0.4, -0.2) is 173 Å². The third-order valence-corrected chi connectivity index (χ3v) is 21.4. The fourth-order valence-corrected chi connectivity index (χ4v) is 16.5. The lowest BCUT2D eigenvalue weighted by Crippen LogP contribution is -2.72. The second-order valence-corrected chi connectivity index (χ2v) is 27.2. The first kappa shape index (κ1) is 64.2. The van der Waals surface area contributed by atoms with Crippen LogP contribution in [0.4, 0.5) is 5.69 Å². The van der Waals surface area contributed by atoms with E-state index in [1.54, 1.807) is 12.1 Å². The third kappa shape index (κ3) is 11.8. The number of para-hydroxylation sites is 1. The van der Waals surface area contributed by atoms with E-state index in [0.717, 1.165) is 42.4 Å². The van der Waals surface area contributed by atoms with E-state index in [-0.39, 0.29) is 103 Å². The fraction of sp³-hybridized carbons (Fsp3) is 0.521. The van der Waals surface area contributed by atoms with Crippen molar-refractivity contribution in [3.8, 4) is 23.3 Å². The monoisotopic (exact) mass is 1290 g/mol. The number of anilines is 1. The number of aliphatic hydroxyl groups is 6. The van der Waals surface area contributed by atoms with Gasteiger partial charge >= 0.3 is 0 Å². The minimum Gasteiger partial charge on any atom is -0.486 e. The highest BCUT2D eigenvalue weighted by Gasteiger charge is 2.65. The lowest BCUT2D eigenvalue weighted by Gasteiger charge is -2.53. The van der Waals surface area contributed by atoms with E-state index in [2.05, 4.69) is 38.4 Å². The first-order valence-corrected chi connectivity index (χ1v) is 33.3. The molecule has 2 saturated carbocycles. The largest absolute Gasteiger partial charge is 0.486 e. The van der Waals surface area contributed by atoms with Crippen molar-refractivity contribution >= 4 is 29.4 Å². The number of hydrogen-bond acceptors (Lipinski definition) is 22. The molecule has 7 aliphatic heterocycles. The van der Waals surface area contributed by atoms with E-state index in [9.17, 15) is 40.2 Å². The smallest absolute Gasteiger partial charge is 0.242 e. The van der Waals surface area contributed by atoms with Crippen molar-refractivity contribution in [2.45, 2.75) is 175 Å². The van der Waals surface area contributed by atoms with Crippen LogP contribution in [0.25, 0.3) is 0 Å². The van der Waals surface area contributed by atoms with E-state index < -0.39 is 121 Å². The van der Waals surface area contributed by atoms with Gasteiger partial charge < -0.3 is 85.7 Å². The van der Waals surface area contributed by atoms with Crippen LogP contribution < -0.4 is 52.4 Å². The Balaban J connectivity index is 1.03. The number of benzene rings is 4. The van der Waals surface area contributed by atoms with Crippen molar-refractivity contribution < 1.29 is 73.5 Å².